The van der Waals surface area contributed by atoms with E-state index >= 15 is 0 Å². The number of ether oxygens (including phenoxy) is 2. The summed E-state index contributed by atoms with van der Waals surface area (Å²) in [7, 11) is -2.02. The van der Waals surface area contributed by atoms with Crippen LogP contribution in [0.4, 0.5) is 10.1 Å². The third kappa shape index (κ3) is 5.67. The molecule has 8 nitrogen and oxygen atoms in total. The quantitative estimate of drug-likeness (QED) is 0.259. The van der Waals surface area contributed by atoms with Crippen LogP contribution in [0.3, 0.4) is 0 Å². The summed E-state index contributed by atoms with van der Waals surface area (Å²) in [6.07, 6.45) is 3.94. The fourth-order valence-corrected chi connectivity index (χ4v) is 6.32. The number of hydrogen-bond donors (Lipinski definition) is 1. The second-order valence-corrected chi connectivity index (χ2v) is 12.6. The van der Waals surface area contributed by atoms with E-state index in [1.807, 2.05) is 6.07 Å². The molecule has 1 saturated heterocycles. The first-order valence-electron chi connectivity index (χ1n) is 13.6. The van der Waals surface area contributed by atoms with E-state index in [9.17, 15) is 17.6 Å². The van der Waals surface area contributed by atoms with Gasteiger partial charge in [0.15, 0.2) is 0 Å². The number of furan rings is 1. The molecule has 0 spiro atoms. The molecular formula is C31H31FN2O6S. The van der Waals surface area contributed by atoms with Crippen molar-refractivity contribution in [2.24, 2.45) is 5.92 Å². The second-order valence-electron chi connectivity index (χ2n) is 10.7. The highest BCUT2D eigenvalue weighted by atomic mass is 32.2. The maximum Gasteiger partial charge on any atom is 0.255 e. The lowest BCUT2D eigenvalue weighted by Crippen LogP contribution is -2.35. The van der Waals surface area contributed by atoms with E-state index in [1.165, 1.54) is 22.7 Å². The Morgan fingerprint density at radius 2 is 1.73 bits per heavy atom. The summed E-state index contributed by atoms with van der Waals surface area (Å²) in [5.41, 5.74) is 2.98. The van der Waals surface area contributed by atoms with Crippen molar-refractivity contribution in [1.29, 1.82) is 0 Å². The second kappa shape index (κ2) is 10.8. The Balaban J connectivity index is 1.43. The zero-order valence-electron chi connectivity index (χ0n) is 22.9. The van der Waals surface area contributed by atoms with E-state index in [2.05, 4.69) is 5.32 Å². The minimum atomic E-state index is -3.59. The Labute approximate surface area is 238 Å². The maximum atomic E-state index is 13.2. The zero-order valence-corrected chi connectivity index (χ0v) is 23.7. The smallest absolute Gasteiger partial charge is 0.255 e. The van der Waals surface area contributed by atoms with Crippen molar-refractivity contribution in [3.05, 3.63) is 77.6 Å². The van der Waals surface area contributed by atoms with E-state index in [0.717, 1.165) is 24.8 Å². The van der Waals surface area contributed by atoms with Crippen molar-refractivity contribution < 1.29 is 31.5 Å². The van der Waals surface area contributed by atoms with Gasteiger partial charge in [0.1, 0.15) is 28.7 Å². The van der Waals surface area contributed by atoms with Gasteiger partial charge in [0, 0.05) is 43.1 Å². The lowest BCUT2D eigenvalue weighted by atomic mass is 10.00. The number of hydrogen-bond acceptors (Lipinski definition) is 6. The van der Waals surface area contributed by atoms with E-state index in [1.54, 1.807) is 49.5 Å². The molecule has 1 amide bonds. The van der Waals surface area contributed by atoms with Crippen LogP contribution in [0.1, 0.15) is 41.1 Å². The van der Waals surface area contributed by atoms with Gasteiger partial charge >= 0.3 is 0 Å². The van der Waals surface area contributed by atoms with Gasteiger partial charge in [0.2, 0.25) is 10.0 Å². The molecule has 41 heavy (non-hydrogen) atoms. The van der Waals surface area contributed by atoms with E-state index in [-0.39, 0.29) is 23.6 Å². The first-order valence-corrected chi connectivity index (χ1v) is 15.5. The number of fused-ring (bicyclic) bond motifs is 1. The van der Waals surface area contributed by atoms with Gasteiger partial charge in [0.05, 0.1) is 24.1 Å². The Bertz CT molecular complexity index is 1690. The molecule has 1 aliphatic heterocycles. The van der Waals surface area contributed by atoms with Crippen LogP contribution < -0.4 is 14.4 Å². The average molecular weight is 579 g/mol. The van der Waals surface area contributed by atoms with Crippen molar-refractivity contribution in [3.8, 4) is 22.8 Å². The molecule has 3 aromatic carbocycles. The van der Waals surface area contributed by atoms with Gasteiger partial charge in [0.25, 0.3) is 5.91 Å². The van der Waals surface area contributed by atoms with Gasteiger partial charge in [-0.3, -0.25) is 9.10 Å². The Hall–Kier alpha value is -3.89. The molecule has 2 heterocycles. The number of anilines is 1. The number of benzene rings is 3. The van der Waals surface area contributed by atoms with Crippen LogP contribution in [-0.2, 0) is 14.8 Å². The highest BCUT2D eigenvalue weighted by Gasteiger charge is 2.34. The van der Waals surface area contributed by atoms with Crippen LogP contribution >= 0.6 is 0 Å². The third-order valence-electron chi connectivity index (χ3n) is 7.59. The highest BCUT2D eigenvalue weighted by Crippen LogP contribution is 2.48. The molecule has 214 valence electrons. The molecule has 10 heteroatoms. The fraction of sp³-hybridized carbons (Fsp3) is 0.323. The largest absolute Gasteiger partial charge is 0.457 e. The Morgan fingerprint density at radius 1 is 1.05 bits per heavy atom. The summed E-state index contributed by atoms with van der Waals surface area (Å²) in [5.74, 6) is 1.09. The number of carbonyl (C=O) groups excluding carboxylic acids is 1. The molecule has 1 atom stereocenters. The zero-order chi connectivity index (χ0) is 28.7. The minimum absolute atomic E-state index is 0.108. The first-order chi connectivity index (χ1) is 19.7. The summed E-state index contributed by atoms with van der Waals surface area (Å²) >= 11 is 0. The summed E-state index contributed by atoms with van der Waals surface area (Å²) in [6.45, 7) is 1.48. The first kappa shape index (κ1) is 27.3. The van der Waals surface area contributed by atoms with Crippen molar-refractivity contribution in [2.75, 3.05) is 37.4 Å². The van der Waals surface area contributed by atoms with Crippen molar-refractivity contribution >= 4 is 32.6 Å². The van der Waals surface area contributed by atoms with Gasteiger partial charge in [-0.05, 0) is 85.3 Å². The van der Waals surface area contributed by atoms with Gasteiger partial charge in [-0.2, -0.15) is 0 Å². The number of amides is 1. The van der Waals surface area contributed by atoms with Crippen molar-refractivity contribution in [1.82, 2.24) is 5.32 Å². The predicted molar refractivity (Wildman–Crippen MR) is 155 cm³/mol. The number of sulfonamides is 1. The molecule has 1 N–H and O–H groups in total. The molecule has 2 aliphatic rings. The highest BCUT2D eigenvalue weighted by molar-refractivity contribution is 7.92. The van der Waals surface area contributed by atoms with Gasteiger partial charge in [-0.1, -0.05) is 0 Å². The lowest BCUT2D eigenvalue weighted by Gasteiger charge is -2.27. The fourth-order valence-electron chi connectivity index (χ4n) is 5.33. The van der Waals surface area contributed by atoms with Gasteiger partial charge in [-0.15, -0.1) is 0 Å². The van der Waals surface area contributed by atoms with E-state index in [4.69, 9.17) is 13.9 Å². The molecule has 0 bridgehead atoms. The predicted octanol–water partition coefficient (Wildman–Crippen LogP) is 6.07. The van der Waals surface area contributed by atoms with Crippen LogP contribution in [-0.4, -0.2) is 47.4 Å². The standard InChI is InChI=1S/C31H31FN2O6S/c1-33-31(35)29-26-15-25(20-3-4-20)27(34(41(2,36)37)17-19-13-14-38-18-19)16-28(26)40-30(29)21-5-9-23(10-6-21)39-24-11-7-22(32)8-12-24/h5-12,15-16,19-20H,3-4,13-14,17-18H2,1-2H3,(H,33,35). The summed E-state index contributed by atoms with van der Waals surface area (Å²) in [6, 6.07) is 16.5. The topological polar surface area (TPSA) is 98.1 Å². The van der Waals surface area contributed by atoms with Gasteiger partial charge in [-0.25, -0.2) is 12.8 Å². The number of nitrogens with one attached hydrogen (secondary N) is 1. The minimum Gasteiger partial charge on any atom is -0.457 e. The molecule has 1 aliphatic carbocycles. The van der Waals surface area contributed by atoms with Crippen molar-refractivity contribution in [2.45, 2.75) is 25.2 Å². The molecule has 2 fully saturated rings. The molecule has 1 unspecified atom stereocenters. The molecule has 1 aromatic heterocycles. The number of carbonyl (C=O) groups is 1. The lowest BCUT2D eigenvalue weighted by molar-refractivity contribution is 0.0964. The summed E-state index contributed by atoms with van der Waals surface area (Å²) < 4.78 is 58.4. The monoisotopic (exact) mass is 578 g/mol. The molecular weight excluding hydrogens is 547 g/mol. The Kier molecular flexibility index (Phi) is 7.21. The molecule has 4 aromatic rings. The van der Waals surface area contributed by atoms with Crippen LogP contribution in [0.25, 0.3) is 22.3 Å². The van der Waals surface area contributed by atoms with E-state index < -0.39 is 10.0 Å². The van der Waals surface area contributed by atoms with Crippen LogP contribution in [0, 0.1) is 11.7 Å². The normalized spacial score (nSPS) is 17.1. The molecule has 0 radical (unpaired) electrons. The summed E-state index contributed by atoms with van der Waals surface area (Å²) in [5, 5.41) is 3.35. The van der Waals surface area contributed by atoms with Gasteiger partial charge < -0.3 is 19.2 Å². The maximum absolute atomic E-state index is 13.2. The van der Waals surface area contributed by atoms with Crippen molar-refractivity contribution in [3.63, 3.8) is 0 Å². The average Bonchev–Trinajstić information content (AvgIpc) is 3.54. The Morgan fingerprint density at radius 3 is 2.32 bits per heavy atom. The number of nitrogens with zero attached hydrogens (tertiary/aromatic N) is 1. The number of rotatable bonds is 9. The third-order valence-corrected chi connectivity index (χ3v) is 8.74. The molecule has 1 saturated carbocycles. The summed E-state index contributed by atoms with van der Waals surface area (Å²) in [4.78, 5) is 13.2. The molecule has 6 rings (SSSR count). The van der Waals surface area contributed by atoms with E-state index in [0.29, 0.717) is 64.8 Å². The van der Waals surface area contributed by atoms with Crippen LogP contribution in [0.15, 0.2) is 65.1 Å². The number of halogens is 1. The van der Waals surface area contributed by atoms with Crippen LogP contribution in [0.5, 0.6) is 11.5 Å². The van der Waals surface area contributed by atoms with Crippen LogP contribution in [0.2, 0.25) is 0 Å². The SMILES string of the molecule is CNC(=O)c1c(-c2ccc(Oc3ccc(F)cc3)cc2)oc2cc(N(CC3CCOC3)S(C)(=O)=O)c(C3CC3)cc12.